The number of benzene rings is 1. The largest absolute Gasteiger partial charge is 0.478 e. The molecule has 1 aromatic rings. The van der Waals surface area contributed by atoms with E-state index in [1.807, 2.05) is 0 Å². The van der Waals surface area contributed by atoms with Crippen molar-refractivity contribution in [2.45, 2.75) is 12.0 Å². The number of ether oxygens (including phenoxy) is 1. The van der Waals surface area contributed by atoms with Crippen LogP contribution in [0.4, 0.5) is 0 Å². The standard InChI is InChI=1S/C9H11NO5/c10-9(13,14)7(8(11)12)15-6-4-2-1-3-5-6/h1-5,7,13-14H,10H2,(H,11,12). The molecule has 0 saturated heterocycles. The number of aliphatic carboxylic acids is 1. The highest BCUT2D eigenvalue weighted by Crippen LogP contribution is 2.14. The van der Waals surface area contributed by atoms with Crippen LogP contribution in [0.25, 0.3) is 0 Å². The summed E-state index contributed by atoms with van der Waals surface area (Å²) >= 11 is 0. The fraction of sp³-hybridized carbons (Fsp3) is 0.222. The van der Waals surface area contributed by atoms with E-state index in [2.05, 4.69) is 0 Å². The Morgan fingerprint density at radius 1 is 1.33 bits per heavy atom. The molecule has 0 aliphatic carbocycles. The third-order valence-corrected chi connectivity index (χ3v) is 1.61. The Hall–Kier alpha value is -1.63. The molecule has 0 heterocycles. The highest BCUT2D eigenvalue weighted by molar-refractivity contribution is 5.73. The fourth-order valence-electron chi connectivity index (χ4n) is 0.954. The quantitative estimate of drug-likeness (QED) is 0.483. The number of carboxylic acids is 1. The van der Waals surface area contributed by atoms with Gasteiger partial charge in [0.25, 0.3) is 12.0 Å². The van der Waals surface area contributed by atoms with Gasteiger partial charge in [-0.15, -0.1) is 0 Å². The third kappa shape index (κ3) is 3.21. The number of carbonyl (C=O) groups is 1. The highest BCUT2D eigenvalue weighted by Gasteiger charge is 2.39. The molecule has 15 heavy (non-hydrogen) atoms. The molecule has 82 valence electrons. The van der Waals surface area contributed by atoms with E-state index in [4.69, 9.17) is 25.8 Å². The van der Waals surface area contributed by atoms with Crippen molar-refractivity contribution < 1.29 is 24.9 Å². The zero-order valence-electron chi connectivity index (χ0n) is 7.70. The second kappa shape index (κ2) is 4.26. The lowest BCUT2D eigenvalue weighted by atomic mass is 10.2. The Morgan fingerprint density at radius 2 is 1.87 bits per heavy atom. The van der Waals surface area contributed by atoms with Gasteiger partial charge in [0.1, 0.15) is 5.75 Å². The fourth-order valence-corrected chi connectivity index (χ4v) is 0.954. The molecule has 5 N–H and O–H groups in total. The highest BCUT2D eigenvalue weighted by atomic mass is 16.6. The van der Waals surface area contributed by atoms with Crippen molar-refractivity contribution in [3.8, 4) is 5.75 Å². The summed E-state index contributed by atoms with van der Waals surface area (Å²) < 4.78 is 4.82. The van der Waals surface area contributed by atoms with Crippen molar-refractivity contribution in [2.24, 2.45) is 5.73 Å². The first-order valence-corrected chi connectivity index (χ1v) is 4.09. The lowest BCUT2D eigenvalue weighted by Gasteiger charge is -2.24. The van der Waals surface area contributed by atoms with Gasteiger partial charge in [0.05, 0.1) is 0 Å². The molecule has 0 aliphatic rings. The minimum atomic E-state index is -2.93. The van der Waals surface area contributed by atoms with Crippen molar-refractivity contribution in [3.63, 3.8) is 0 Å². The van der Waals surface area contributed by atoms with Crippen LogP contribution in [0.2, 0.25) is 0 Å². The summed E-state index contributed by atoms with van der Waals surface area (Å²) in [6.07, 6.45) is -1.94. The number of hydrogen-bond donors (Lipinski definition) is 4. The van der Waals surface area contributed by atoms with Crippen molar-refractivity contribution in [1.82, 2.24) is 0 Å². The monoisotopic (exact) mass is 213 g/mol. The van der Waals surface area contributed by atoms with Gasteiger partial charge in [0.15, 0.2) is 0 Å². The van der Waals surface area contributed by atoms with Crippen LogP contribution in [0.1, 0.15) is 0 Å². The molecule has 0 fully saturated rings. The molecule has 0 amide bonds. The van der Waals surface area contributed by atoms with Crippen molar-refractivity contribution in [1.29, 1.82) is 0 Å². The summed E-state index contributed by atoms with van der Waals surface area (Å²) in [5.74, 6) is -4.31. The molecule has 0 saturated carbocycles. The molecule has 0 aromatic heterocycles. The van der Waals surface area contributed by atoms with E-state index in [1.54, 1.807) is 18.2 Å². The molecule has 0 radical (unpaired) electrons. The molecule has 0 bridgehead atoms. The first-order chi connectivity index (χ1) is 6.91. The van der Waals surface area contributed by atoms with Crippen LogP contribution in [0, 0.1) is 0 Å². The molecule has 1 rings (SSSR count). The minimum Gasteiger partial charge on any atom is -0.478 e. The summed E-state index contributed by atoms with van der Waals surface area (Å²) in [5, 5.41) is 26.5. The predicted molar refractivity (Wildman–Crippen MR) is 49.8 cm³/mol. The maximum atomic E-state index is 10.6. The lowest BCUT2D eigenvalue weighted by molar-refractivity contribution is -0.220. The molecule has 1 aromatic carbocycles. The van der Waals surface area contributed by atoms with E-state index < -0.39 is 18.0 Å². The minimum absolute atomic E-state index is 0.183. The van der Waals surface area contributed by atoms with Gasteiger partial charge in [-0.1, -0.05) is 18.2 Å². The van der Waals surface area contributed by atoms with Crippen LogP contribution >= 0.6 is 0 Å². The number of aliphatic hydroxyl groups is 2. The van der Waals surface area contributed by atoms with E-state index in [-0.39, 0.29) is 5.75 Å². The number of para-hydroxylation sites is 1. The van der Waals surface area contributed by atoms with Crippen LogP contribution in [-0.2, 0) is 4.79 Å². The SMILES string of the molecule is NC(O)(O)C(Oc1ccccc1)C(=O)O. The maximum absolute atomic E-state index is 10.6. The zero-order valence-corrected chi connectivity index (χ0v) is 7.70. The Kier molecular flexibility index (Phi) is 3.25. The first kappa shape index (κ1) is 11.4. The Bertz CT molecular complexity index is 332. The van der Waals surface area contributed by atoms with E-state index >= 15 is 0 Å². The van der Waals surface area contributed by atoms with Gasteiger partial charge < -0.3 is 20.1 Å². The molecule has 6 nitrogen and oxygen atoms in total. The van der Waals surface area contributed by atoms with E-state index in [1.165, 1.54) is 12.1 Å². The second-order valence-electron chi connectivity index (χ2n) is 2.93. The van der Waals surface area contributed by atoms with Crippen molar-refractivity contribution in [3.05, 3.63) is 30.3 Å². The maximum Gasteiger partial charge on any atom is 0.352 e. The van der Waals surface area contributed by atoms with Crippen LogP contribution in [0.3, 0.4) is 0 Å². The Labute approximate surface area is 85.5 Å². The Morgan fingerprint density at radius 3 is 2.27 bits per heavy atom. The molecular formula is C9H11NO5. The lowest BCUT2D eigenvalue weighted by Crippen LogP contribution is -2.57. The summed E-state index contributed by atoms with van der Waals surface area (Å²) in [7, 11) is 0. The summed E-state index contributed by atoms with van der Waals surface area (Å²) in [6.45, 7) is 0. The smallest absolute Gasteiger partial charge is 0.352 e. The van der Waals surface area contributed by atoms with Gasteiger partial charge in [-0.25, -0.2) is 4.79 Å². The number of nitrogens with two attached hydrogens (primary N) is 1. The van der Waals surface area contributed by atoms with Crippen LogP contribution in [0.15, 0.2) is 30.3 Å². The van der Waals surface area contributed by atoms with Crippen LogP contribution in [-0.4, -0.2) is 33.3 Å². The van der Waals surface area contributed by atoms with Crippen LogP contribution in [0.5, 0.6) is 5.75 Å². The second-order valence-corrected chi connectivity index (χ2v) is 2.93. The van der Waals surface area contributed by atoms with E-state index in [0.29, 0.717) is 0 Å². The predicted octanol–water partition coefficient (Wildman–Crippen LogP) is -0.884. The van der Waals surface area contributed by atoms with Gasteiger partial charge >= 0.3 is 5.97 Å². The molecule has 1 unspecified atom stereocenters. The molecule has 1 atom stereocenters. The summed E-state index contributed by atoms with van der Waals surface area (Å²) in [5.41, 5.74) is 4.83. The molecular weight excluding hydrogens is 202 g/mol. The van der Waals surface area contributed by atoms with Gasteiger partial charge in [-0.2, -0.15) is 0 Å². The summed E-state index contributed by atoms with van der Waals surface area (Å²) in [4.78, 5) is 10.6. The number of carboxylic acid groups (broad SMARTS) is 1. The van der Waals surface area contributed by atoms with Crippen molar-refractivity contribution in [2.75, 3.05) is 0 Å². The zero-order chi connectivity index (χ0) is 11.5. The third-order valence-electron chi connectivity index (χ3n) is 1.61. The van der Waals surface area contributed by atoms with E-state index in [0.717, 1.165) is 0 Å². The first-order valence-electron chi connectivity index (χ1n) is 4.09. The van der Waals surface area contributed by atoms with E-state index in [9.17, 15) is 4.79 Å². The molecule has 0 aliphatic heterocycles. The average Bonchev–Trinajstić information content (AvgIpc) is 2.13. The molecule has 0 spiro atoms. The summed E-state index contributed by atoms with van der Waals surface area (Å²) in [6, 6.07) is 7.88. The Balaban J connectivity index is 2.82. The number of hydrogen-bond acceptors (Lipinski definition) is 5. The van der Waals surface area contributed by atoms with Gasteiger partial charge in [0, 0.05) is 0 Å². The van der Waals surface area contributed by atoms with Gasteiger partial charge in [0.2, 0.25) is 0 Å². The average molecular weight is 213 g/mol. The van der Waals surface area contributed by atoms with Crippen molar-refractivity contribution >= 4 is 5.97 Å². The van der Waals surface area contributed by atoms with Gasteiger partial charge in [-0.05, 0) is 12.1 Å². The number of rotatable bonds is 4. The normalized spacial score (nSPS) is 13.3. The molecule has 6 heteroatoms. The topological polar surface area (TPSA) is 113 Å². The van der Waals surface area contributed by atoms with Gasteiger partial charge in [-0.3, -0.25) is 5.73 Å². The van der Waals surface area contributed by atoms with Crippen LogP contribution < -0.4 is 10.5 Å².